The number of ether oxygens (including phenoxy) is 3. The van der Waals surface area contributed by atoms with Gasteiger partial charge in [0.1, 0.15) is 5.82 Å². The minimum absolute atomic E-state index is 0.0677. The standard InChI is InChI=1S/C28H24F8O3/c1-2-3-4-5-15-13-37-27(38-14-15)17-10-23(32)26(24(33)11-17)39-28(35,36)18-6-7-19(20(29)12-18)16-8-21(30)25(34)22(31)9-16/h6-12,15,27H,2-5,13-14H2,1H3. The lowest BCUT2D eigenvalue weighted by molar-refractivity contribution is -0.206. The molecule has 11 heteroatoms. The van der Waals surface area contributed by atoms with Crippen molar-refractivity contribution in [3.63, 3.8) is 0 Å². The fourth-order valence-electron chi connectivity index (χ4n) is 4.23. The predicted octanol–water partition coefficient (Wildman–Crippen LogP) is 8.56. The second-order valence-corrected chi connectivity index (χ2v) is 9.24. The van der Waals surface area contributed by atoms with Gasteiger partial charge in [-0.05, 0) is 48.4 Å². The molecule has 0 bridgehead atoms. The molecule has 0 aromatic heterocycles. The van der Waals surface area contributed by atoms with Crippen LogP contribution in [-0.2, 0) is 15.6 Å². The van der Waals surface area contributed by atoms with Gasteiger partial charge >= 0.3 is 6.11 Å². The Kier molecular flexibility index (Phi) is 8.80. The molecule has 0 unspecified atom stereocenters. The third-order valence-corrected chi connectivity index (χ3v) is 6.31. The minimum Gasteiger partial charge on any atom is -0.423 e. The quantitative estimate of drug-likeness (QED) is 0.149. The van der Waals surface area contributed by atoms with E-state index in [0.29, 0.717) is 31.4 Å². The summed E-state index contributed by atoms with van der Waals surface area (Å²) >= 11 is 0. The maximum atomic E-state index is 14.8. The Balaban J connectivity index is 1.49. The topological polar surface area (TPSA) is 27.7 Å². The second-order valence-electron chi connectivity index (χ2n) is 9.24. The van der Waals surface area contributed by atoms with Crippen LogP contribution in [0.5, 0.6) is 5.75 Å². The number of unbranched alkanes of at least 4 members (excludes halogenated alkanes) is 2. The number of alkyl halides is 2. The number of rotatable bonds is 9. The average Bonchev–Trinajstić information content (AvgIpc) is 2.89. The van der Waals surface area contributed by atoms with E-state index in [2.05, 4.69) is 11.7 Å². The number of halogens is 8. The van der Waals surface area contributed by atoms with Crippen molar-refractivity contribution < 1.29 is 49.3 Å². The molecule has 0 spiro atoms. The molecule has 1 heterocycles. The molecule has 0 amide bonds. The van der Waals surface area contributed by atoms with Crippen LogP contribution in [0.4, 0.5) is 35.1 Å². The molecule has 3 aromatic carbocycles. The van der Waals surface area contributed by atoms with Gasteiger partial charge in [0, 0.05) is 17.0 Å². The van der Waals surface area contributed by atoms with E-state index in [4.69, 9.17) is 9.47 Å². The van der Waals surface area contributed by atoms with Gasteiger partial charge in [-0.15, -0.1) is 0 Å². The van der Waals surface area contributed by atoms with Crippen LogP contribution in [-0.4, -0.2) is 13.2 Å². The van der Waals surface area contributed by atoms with Gasteiger partial charge < -0.3 is 14.2 Å². The molecule has 1 aliphatic heterocycles. The molecule has 0 atom stereocenters. The number of benzene rings is 3. The lowest BCUT2D eigenvalue weighted by atomic mass is 10.0. The summed E-state index contributed by atoms with van der Waals surface area (Å²) in [6.45, 7) is 2.70. The van der Waals surface area contributed by atoms with Gasteiger partial charge in [-0.2, -0.15) is 8.78 Å². The highest BCUT2D eigenvalue weighted by atomic mass is 19.3. The van der Waals surface area contributed by atoms with Gasteiger partial charge in [-0.1, -0.05) is 32.3 Å². The third kappa shape index (κ3) is 6.52. The zero-order chi connectivity index (χ0) is 28.3. The first-order chi connectivity index (χ1) is 18.5. The smallest absolute Gasteiger partial charge is 0.423 e. The molecule has 1 fully saturated rings. The monoisotopic (exact) mass is 560 g/mol. The molecule has 39 heavy (non-hydrogen) atoms. The van der Waals surface area contributed by atoms with E-state index in [1.54, 1.807) is 0 Å². The highest BCUT2D eigenvalue weighted by Crippen LogP contribution is 2.38. The maximum absolute atomic E-state index is 14.8. The maximum Gasteiger partial charge on any atom is 0.427 e. The molecule has 3 aromatic rings. The van der Waals surface area contributed by atoms with E-state index in [0.717, 1.165) is 43.9 Å². The molecule has 1 saturated heterocycles. The summed E-state index contributed by atoms with van der Waals surface area (Å²) in [5.41, 5.74) is -2.18. The zero-order valence-corrected chi connectivity index (χ0v) is 20.7. The van der Waals surface area contributed by atoms with Crippen LogP contribution in [0.2, 0.25) is 0 Å². The van der Waals surface area contributed by atoms with E-state index in [1.807, 2.05) is 0 Å². The fourth-order valence-corrected chi connectivity index (χ4v) is 4.23. The molecule has 4 rings (SSSR count). The molecule has 0 aliphatic carbocycles. The lowest BCUT2D eigenvalue weighted by Crippen LogP contribution is -2.27. The Morgan fingerprint density at radius 2 is 1.41 bits per heavy atom. The van der Waals surface area contributed by atoms with Gasteiger partial charge in [-0.3, -0.25) is 0 Å². The number of hydrogen-bond donors (Lipinski definition) is 0. The van der Waals surface area contributed by atoms with Crippen molar-refractivity contribution >= 4 is 0 Å². The normalized spacial score (nSPS) is 17.9. The van der Waals surface area contributed by atoms with Crippen molar-refractivity contribution in [1.82, 2.24) is 0 Å². The molecule has 3 nitrogen and oxygen atoms in total. The highest BCUT2D eigenvalue weighted by Gasteiger charge is 2.38. The van der Waals surface area contributed by atoms with Crippen LogP contribution in [0.25, 0.3) is 11.1 Å². The Morgan fingerprint density at radius 3 is 1.97 bits per heavy atom. The first-order valence-corrected chi connectivity index (χ1v) is 12.2. The molecule has 0 radical (unpaired) electrons. The summed E-state index contributed by atoms with van der Waals surface area (Å²) in [5.74, 6) is -10.6. The molecule has 1 aliphatic rings. The van der Waals surface area contributed by atoms with Crippen LogP contribution >= 0.6 is 0 Å². The van der Waals surface area contributed by atoms with Crippen LogP contribution < -0.4 is 4.74 Å². The SMILES string of the molecule is CCCCCC1COC(c2cc(F)c(OC(F)(F)c3ccc(-c4cc(F)c(F)c(F)c4)c(F)c3)c(F)c2)OC1. The molecular formula is C28H24F8O3. The summed E-state index contributed by atoms with van der Waals surface area (Å²) in [7, 11) is 0. The van der Waals surface area contributed by atoms with Crippen molar-refractivity contribution in [1.29, 1.82) is 0 Å². The van der Waals surface area contributed by atoms with Gasteiger partial charge in [-0.25, -0.2) is 26.3 Å². The van der Waals surface area contributed by atoms with Gasteiger partial charge in [0.15, 0.2) is 41.1 Å². The Morgan fingerprint density at radius 1 is 0.795 bits per heavy atom. The van der Waals surface area contributed by atoms with Crippen molar-refractivity contribution in [2.45, 2.75) is 45.0 Å². The van der Waals surface area contributed by atoms with Gasteiger partial charge in [0.2, 0.25) is 0 Å². The van der Waals surface area contributed by atoms with E-state index in [-0.39, 0.29) is 17.5 Å². The van der Waals surface area contributed by atoms with E-state index >= 15 is 0 Å². The Hall–Kier alpha value is -3.18. The summed E-state index contributed by atoms with van der Waals surface area (Å²) in [6, 6.07) is 4.14. The molecule has 0 saturated carbocycles. The van der Waals surface area contributed by atoms with E-state index < -0.39 is 69.7 Å². The van der Waals surface area contributed by atoms with Crippen molar-refractivity contribution in [3.05, 3.63) is 88.5 Å². The Bertz CT molecular complexity index is 1280. The predicted molar refractivity (Wildman–Crippen MR) is 125 cm³/mol. The van der Waals surface area contributed by atoms with Crippen molar-refractivity contribution in [2.75, 3.05) is 13.2 Å². The fraction of sp³-hybridized carbons (Fsp3) is 0.357. The summed E-state index contributed by atoms with van der Waals surface area (Å²) in [4.78, 5) is 0. The van der Waals surface area contributed by atoms with Gasteiger partial charge in [0.05, 0.1) is 18.8 Å². The molecule has 210 valence electrons. The van der Waals surface area contributed by atoms with Crippen molar-refractivity contribution in [3.8, 4) is 16.9 Å². The molecule has 0 N–H and O–H groups in total. The first-order valence-electron chi connectivity index (χ1n) is 12.2. The third-order valence-electron chi connectivity index (χ3n) is 6.31. The first kappa shape index (κ1) is 28.8. The zero-order valence-electron chi connectivity index (χ0n) is 20.7. The largest absolute Gasteiger partial charge is 0.427 e. The highest BCUT2D eigenvalue weighted by molar-refractivity contribution is 5.65. The molecular weight excluding hydrogens is 536 g/mol. The summed E-state index contributed by atoms with van der Waals surface area (Å²) < 4.78 is 129. The summed E-state index contributed by atoms with van der Waals surface area (Å²) in [5, 5.41) is 0. The second kappa shape index (κ2) is 11.9. The Labute approximate surface area is 219 Å². The van der Waals surface area contributed by atoms with Crippen LogP contribution in [0.1, 0.15) is 50.0 Å². The minimum atomic E-state index is -4.41. The number of hydrogen-bond acceptors (Lipinski definition) is 3. The van der Waals surface area contributed by atoms with Crippen LogP contribution in [0, 0.1) is 40.8 Å². The van der Waals surface area contributed by atoms with Crippen LogP contribution in [0.3, 0.4) is 0 Å². The van der Waals surface area contributed by atoms with E-state index in [1.165, 1.54) is 0 Å². The summed E-state index contributed by atoms with van der Waals surface area (Å²) in [6.07, 6.45) is -1.50. The lowest BCUT2D eigenvalue weighted by Gasteiger charge is -2.30. The van der Waals surface area contributed by atoms with Crippen molar-refractivity contribution in [2.24, 2.45) is 5.92 Å². The van der Waals surface area contributed by atoms with Gasteiger partial charge in [0.25, 0.3) is 0 Å². The average molecular weight is 560 g/mol. The van der Waals surface area contributed by atoms with Crippen LogP contribution in [0.15, 0.2) is 42.5 Å². The van der Waals surface area contributed by atoms with E-state index in [9.17, 15) is 35.1 Å².